The highest BCUT2D eigenvalue weighted by Crippen LogP contribution is 2.11. The van der Waals surface area contributed by atoms with Gasteiger partial charge in [-0.1, -0.05) is 42.5 Å². The molecule has 0 saturated carbocycles. The maximum absolute atomic E-state index is 12.2. The third-order valence-corrected chi connectivity index (χ3v) is 4.29. The predicted octanol–water partition coefficient (Wildman–Crippen LogP) is 3.11. The lowest BCUT2D eigenvalue weighted by Gasteiger charge is -2.05. The summed E-state index contributed by atoms with van der Waals surface area (Å²) in [5.41, 5.74) is 2.57. The number of hydrogen-bond acceptors (Lipinski definition) is 6. The number of benzene rings is 2. The second-order valence-corrected chi connectivity index (χ2v) is 6.67. The first-order valence-corrected chi connectivity index (χ1v) is 9.75. The molecule has 0 aliphatic heterocycles. The third-order valence-electron chi connectivity index (χ3n) is 4.29. The van der Waals surface area contributed by atoms with Crippen LogP contribution >= 0.6 is 0 Å². The molecule has 1 N–H and O–H groups in total. The average molecular weight is 418 g/mol. The van der Waals surface area contributed by atoms with E-state index in [9.17, 15) is 14.4 Å². The largest absolute Gasteiger partial charge is 0.454 e. The first-order valence-electron chi connectivity index (χ1n) is 9.75. The lowest BCUT2D eigenvalue weighted by Crippen LogP contribution is -2.13. The van der Waals surface area contributed by atoms with E-state index in [4.69, 9.17) is 4.74 Å². The van der Waals surface area contributed by atoms with Gasteiger partial charge in [0, 0.05) is 23.7 Å². The van der Waals surface area contributed by atoms with Gasteiger partial charge in [0.1, 0.15) is 5.69 Å². The third kappa shape index (κ3) is 6.74. The van der Waals surface area contributed by atoms with Crippen LogP contribution in [0.4, 0.5) is 5.69 Å². The Labute approximate surface area is 179 Å². The number of ketones is 1. The van der Waals surface area contributed by atoms with Gasteiger partial charge in [0.2, 0.25) is 5.91 Å². The molecule has 0 radical (unpaired) electrons. The zero-order valence-electron chi connectivity index (χ0n) is 17.0. The Balaban J connectivity index is 1.47. The van der Waals surface area contributed by atoms with Crippen molar-refractivity contribution >= 4 is 29.4 Å². The van der Waals surface area contributed by atoms with Crippen molar-refractivity contribution in [3.05, 3.63) is 83.7 Å². The van der Waals surface area contributed by atoms with Gasteiger partial charge in [-0.05, 0) is 35.9 Å². The monoisotopic (exact) mass is 418 g/mol. The van der Waals surface area contributed by atoms with Crippen LogP contribution in [0.15, 0.2) is 66.9 Å². The van der Waals surface area contributed by atoms with E-state index < -0.39 is 5.97 Å². The van der Waals surface area contributed by atoms with E-state index in [-0.39, 0.29) is 18.3 Å². The lowest BCUT2D eigenvalue weighted by molar-refractivity contribution is -0.136. The number of ether oxygens (including phenoxy) is 1. The van der Waals surface area contributed by atoms with Crippen LogP contribution in [0.25, 0.3) is 6.08 Å². The van der Waals surface area contributed by atoms with E-state index in [2.05, 4.69) is 15.6 Å². The molecule has 0 spiro atoms. The summed E-state index contributed by atoms with van der Waals surface area (Å²) in [6, 6.07) is 16.2. The molecule has 1 aromatic heterocycles. The van der Waals surface area contributed by atoms with Gasteiger partial charge in [0.15, 0.2) is 12.4 Å². The molecule has 1 amide bonds. The fourth-order valence-corrected chi connectivity index (χ4v) is 2.65. The van der Waals surface area contributed by atoms with E-state index in [1.165, 1.54) is 12.2 Å². The van der Waals surface area contributed by atoms with Crippen LogP contribution in [0, 0.1) is 0 Å². The molecule has 8 heteroatoms. The fraction of sp³-hybridized carbons (Fsp3) is 0.174. The van der Waals surface area contributed by atoms with Gasteiger partial charge >= 0.3 is 5.97 Å². The van der Waals surface area contributed by atoms with Gasteiger partial charge in [0.25, 0.3) is 0 Å². The molecular formula is C23H22N4O4. The molecule has 31 heavy (non-hydrogen) atoms. The lowest BCUT2D eigenvalue weighted by atomic mass is 10.1. The van der Waals surface area contributed by atoms with Crippen molar-refractivity contribution in [2.75, 3.05) is 11.9 Å². The van der Waals surface area contributed by atoms with Crippen molar-refractivity contribution in [2.45, 2.75) is 19.9 Å². The minimum absolute atomic E-state index is 0.111. The van der Waals surface area contributed by atoms with E-state index in [1.807, 2.05) is 30.3 Å². The number of esters is 1. The number of anilines is 1. The van der Waals surface area contributed by atoms with E-state index in [1.54, 1.807) is 42.1 Å². The molecule has 0 unspecified atom stereocenters. The van der Waals surface area contributed by atoms with E-state index >= 15 is 0 Å². The van der Waals surface area contributed by atoms with Crippen LogP contribution in [0.3, 0.4) is 0 Å². The van der Waals surface area contributed by atoms with Crippen molar-refractivity contribution in [3.8, 4) is 0 Å². The maximum Gasteiger partial charge on any atom is 0.331 e. The Hall–Kier alpha value is -4.07. The minimum atomic E-state index is -0.655. The van der Waals surface area contributed by atoms with Crippen LogP contribution in [0.1, 0.15) is 35.0 Å². The summed E-state index contributed by atoms with van der Waals surface area (Å²) in [6.45, 7) is 1.94. The molecule has 0 aliphatic rings. The van der Waals surface area contributed by atoms with Crippen molar-refractivity contribution in [3.63, 3.8) is 0 Å². The summed E-state index contributed by atoms with van der Waals surface area (Å²) in [5, 5.41) is 10.7. The number of carbonyl (C=O) groups is 3. The number of Topliss-reactive ketones (excluding diaryl/α,β-unsaturated/α-hetero) is 1. The normalized spacial score (nSPS) is 10.7. The van der Waals surface area contributed by atoms with Crippen LogP contribution in [-0.2, 0) is 20.9 Å². The first-order chi connectivity index (χ1) is 15.0. The Morgan fingerprint density at radius 1 is 1.06 bits per heavy atom. The fourth-order valence-electron chi connectivity index (χ4n) is 2.65. The molecule has 3 aromatic rings. The Bertz CT molecular complexity index is 1070. The van der Waals surface area contributed by atoms with Gasteiger partial charge in [0.05, 0.1) is 12.7 Å². The van der Waals surface area contributed by atoms with E-state index in [0.717, 1.165) is 5.56 Å². The van der Waals surface area contributed by atoms with Crippen molar-refractivity contribution < 1.29 is 19.1 Å². The molecule has 2 aromatic carbocycles. The summed E-state index contributed by atoms with van der Waals surface area (Å²) in [5.74, 6) is -1.11. The van der Waals surface area contributed by atoms with Crippen LogP contribution < -0.4 is 5.32 Å². The molecule has 0 saturated heterocycles. The van der Waals surface area contributed by atoms with Crippen molar-refractivity contribution in [2.24, 2.45) is 0 Å². The van der Waals surface area contributed by atoms with Gasteiger partial charge in [-0.25, -0.2) is 9.48 Å². The van der Waals surface area contributed by atoms with Gasteiger partial charge in [-0.3, -0.25) is 9.59 Å². The standard InChI is InChI=1S/C23H22N4O4/c1-2-22(29)24-19-10-8-18(9-11-19)21(28)16-31-23(30)13-12-20-15-27(26-25-20)14-17-6-4-3-5-7-17/h3-13,15H,2,14,16H2,1H3,(H,24,29)/b13-12+. The second kappa shape index (κ2) is 10.6. The Kier molecular flexibility index (Phi) is 7.42. The SMILES string of the molecule is CCC(=O)Nc1ccc(C(=O)COC(=O)/C=C/c2cn(Cc3ccccc3)nn2)cc1. The molecule has 0 fully saturated rings. The molecule has 158 valence electrons. The zero-order valence-corrected chi connectivity index (χ0v) is 17.0. The van der Waals surface area contributed by atoms with Crippen LogP contribution in [0.5, 0.6) is 0 Å². The topological polar surface area (TPSA) is 103 Å². The second-order valence-electron chi connectivity index (χ2n) is 6.67. The minimum Gasteiger partial charge on any atom is -0.454 e. The number of aromatic nitrogens is 3. The summed E-state index contributed by atoms with van der Waals surface area (Å²) in [7, 11) is 0. The van der Waals surface area contributed by atoms with E-state index in [0.29, 0.717) is 29.9 Å². The summed E-state index contributed by atoms with van der Waals surface area (Å²) < 4.78 is 6.66. The van der Waals surface area contributed by atoms with Gasteiger partial charge in [-0.2, -0.15) is 0 Å². The zero-order chi connectivity index (χ0) is 22.1. The quantitative estimate of drug-likeness (QED) is 0.325. The highest BCUT2D eigenvalue weighted by Gasteiger charge is 2.09. The molecule has 0 atom stereocenters. The number of nitrogens with one attached hydrogen (secondary N) is 1. The first kappa shape index (κ1) is 21.6. The maximum atomic E-state index is 12.2. The molecular weight excluding hydrogens is 396 g/mol. The highest BCUT2D eigenvalue weighted by molar-refractivity contribution is 5.99. The van der Waals surface area contributed by atoms with Crippen LogP contribution in [0.2, 0.25) is 0 Å². The summed E-state index contributed by atoms with van der Waals surface area (Å²) >= 11 is 0. The molecule has 1 heterocycles. The number of amides is 1. The van der Waals surface area contributed by atoms with Crippen molar-refractivity contribution in [1.29, 1.82) is 0 Å². The number of carbonyl (C=O) groups excluding carboxylic acids is 3. The highest BCUT2D eigenvalue weighted by atomic mass is 16.5. The molecule has 0 bridgehead atoms. The number of rotatable bonds is 9. The summed E-state index contributed by atoms with van der Waals surface area (Å²) in [6.07, 6.45) is 4.76. The summed E-state index contributed by atoms with van der Waals surface area (Å²) in [4.78, 5) is 35.4. The van der Waals surface area contributed by atoms with Gasteiger partial charge < -0.3 is 10.1 Å². The Morgan fingerprint density at radius 2 is 1.81 bits per heavy atom. The predicted molar refractivity (Wildman–Crippen MR) is 115 cm³/mol. The van der Waals surface area contributed by atoms with Crippen molar-refractivity contribution in [1.82, 2.24) is 15.0 Å². The molecule has 8 nitrogen and oxygen atoms in total. The van der Waals surface area contributed by atoms with Gasteiger partial charge in [-0.15, -0.1) is 5.10 Å². The number of hydrogen-bond donors (Lipinski definition) is 1. The smallest absolute Gasteiger partial charge is 0.331 e. The Morgan fingerprint density at radius 3 is 2.52 bits per heavy atom. The van der Waals surface area contributed by atoms with Crippen LogP contribution in [-0.4, -0.2) is 39.3 Å². The molecule has 3 rings (SSSR count). The molecule has 0 aliphatic carbocycles. The average Bonchev–Trinajstić information content (AvgIpc) is 3.24. The number of nitrogens with zero attached hydrogens (tertiary/aromatic N) is 3.